The van der Waals surface area contributed by atoms with Crippen molar-refractivity contribution in [2.75, 3.05) is 12.0 Å². The molecule has 1 fully saturated rings. The van der Waals surface area contributed by atoms with E-state index in [2.05, 4.69) is 5.16 Å². The molecule has 2 heterocycles. The van der Waals surface area contributed by atoms with E-state index in [1.807, 2.05) is 0 Å². The molecule has 0 unspecified atom stereocenters. The number of rotatable bonds is 5. The highest BCUT2D eigenvalue weighted by atomic mass is 16.6. The number of benzene rings is 2. The number of aryl methyl sites for hydroxylation is 1. The van der Waals surface area contributed by atoms with Crippen LogP contribution in [0, 0.1) is 17.0 Å². The summed E-state index contributed by atoms with van der Waals surface area (Å²) in [4.78, 5) is 37.8. The molecule has 1 saturated heterocycles. The van der Waals surface area contributed by atoms with Crippen LogP contribution in [0.15, 0.2) is 64.7 Å². The first-order chi connectivity index (χ1) is 15.3. The minimum absolute atomic E-state index is 0.0470. The maximum atomic E-state index is 13.0. The molecule has 10 nitrogen and oxygen atoms in total. The number of nitro benzene ring substituents is 1. The van der Waals surface area contributed by atoms with Crippen molar-refractivity contribution < 1.29 is 28.9 Å². The van der Waals surface area contributed by atoms with Gasteiger partial charge in [0.05, 0.1) is 23.6 Å². The van der Waals surface area contributed by atoms with Crippen LogP contribution >= 0.6 is 0 Å². The number of aliphatic hydroxyl groups is 1. The zero-order valence-electron chi connectivity index (χ0n) is 17.0. The van der Waals surface area contributed by atoms with Gasteiger partial charge in [0.2, 0.25) is 0 Å². The molecular weight excluding hydrogens is 418 g/mol. The topological polar surface area (TPSA) is 136 Å². The highest BCUT2D eigenvalue weighted by Gasteiger charge is 2.48. The number of non-ortho nitro benzene ring substituents is 1. The standard InChI is InChI=1S/C22H17N3O7/c1-12-9-17(23-32-12)24-19(13-5-3-7-15(10-13)25(29)30)18(21(27)22(24)28)20(26)14-6-4-8-16(11-14)31-2/h3-11,19,26H,1-2H3/t19-/m1/s1. The largest absolute Gasteiger partial charge is 0.507 e. The molecule has 0 radical (unpaired) electrons. The number of carbonyl (C=O) groups is 2. The van der Waals surface area contributed by atoms with Crippen molar-refractivity contribution in [3.63, 3.8) is 0 Å². The van der Waals surface area contributed by atoms with E-state index in [1.54, 1.807) is 25.1 Å². The van der Waals surface area contributed by atoms with E-state index in [4.69, 9.17) is 9.26 Å². The number of nitro groups is 1. The minimum atomic E-state index is -1.16. The van der Waals surface area contributed by atoms with Crippen LogP contribution in [0.3, 0.4) is 0 Å². The number of Topliss-reactive ketones (excluding diaryl/α,β-unsaturated/α-hetero) is 1. The quantitative estimate of drug-likeness (QED) is 0.211. The lowest BCUT2D eigenvalue weighted by atomic mass is 9.95. The van der Waals surface area contributed by atoms with Gasteiger partial charge in [-0.15, -0.1) is 0 Å². The first-order valence-corrected chi connectivity index (χ1v) is 9.45. The fourth-order valence-electron chi connectivity index (χ4n) is 3.59. The number of hydrogen-bond donors (Lipinski definition) is 1. The molecule has 2 aromatic carbocycles. The second-order valence-electron chi connectivity index (χ2n) is 7.05. The Kier molecular flexibility index (Phi) is 5.19. The molecule has 0 spiro atoms. The number of ether oxygens (including phenoxy) is 1. The number of ketones is 1. The first kappa shape index (κ1) is 20.8. The van der Waals surface area contributed by atoms with E-state index in [0.29, 0.717) is 11.5 Å². The summed E-state index contributed by atoms with van der Waals surface area (Å²) >= 11 is 0. The third-order valence-electron chi connectivity index (χ3n) is 5.05. The van der Waals surface area contributed by atoms with Gasteiger partial charge in [0.15, 0.2) is 5.82 Å². The van der Waals surface area contributed by atoms with E-state index in [-0.39, 0.29) is 28.2 Å². The van der Waals surface area contributed by atoms with Gasteiger partial charge in [-0.05, 0) is 24.6 Å². The third kappa shape index (κ3) is 3.47. The number of carbonyl (C=O) groups excluding carboxylic acids is 2. The summed E-state index contributed by atoms with van der Waals surface area (Å²) in [6.07, 6.45) is 0. The smallest absolute Gasteiger partial charge is 0.301 e. The predicted molar refractivity (Wildman–Crippen MR) is 112 cm³/mol. The molecule has 1 aromatic heterocycles. The van der Waals surface area contributed by atoms with Gasteiger partial charge in [0.1, 0.15) is 17.3 Å². The zero-order valence-corrected chi connectivity index (χ0v) is 17.0. The van der Waals surface area contributed by atoms with Crippen molar-refractivity contribution in [2.45, 2.75) is 13.0 Å². The van der Waals surface area contributed by atoms with Gasteiger partial charge >= 0.3 is 5.91 Å². The Bertz CT molecular complexity index is 1280. The fourth-order valence-corrected chi connectivity index (χ4v) is 3.59. The summed E-state index contributed by atoms with van der Waals surface area (Å²) in [5, 5.41) is 26.2. The van der Waals surface area contributed by atoms with Gasteiger partial charge < -0.3 is 14.4 Å². The molecule has 32 heavy (non-hydrogen) atoms. The maximum absolute atomic E-state index is 13.0. The van der Waals surface area contributed by atoms with Crippen molar-refractivity contribution in [3.8, 4) is 5.75 Å². The van der Waals surface area contributed by atoms with Gasteiger partial charge in [-0.2, -0.15) is 0 Å². The van der Waals surface area contributed by atoms with Crippen LogP contribution in [0.4, 0.5) is 11.5 Å². The van der Waals surface area contributed by atoms with Crippen LogP contribution in [0.1, 0.15) is 22.9 Å². The van der Waals surface area contributed by atoms with E-state index in [9.17, 15) is 24.8 Å². The van der Waals surface area contributed by atoms with E-state index in [0.717, 1.165) is 4.90 Å². The second kappa shape index (κ2) is 7.99. The number of aliphatic hydroxyl groups excluding tert-OH is 1. The van der Waals surface area contributed by atoms with Crippen molar-refractivity contribution in [3.05, 3.63) is 87.2 Å². The van der Waals surface area contributed by atoms with Gasteiger partial charge in [0, 0.05) is 23.8 Å². The number of aromatic nitrogens is 1. The second-order valence-corrected chi connectivity index (χ2v) is 7.05. The van der Waals surface area contributed by atoms with Crippen LogP contribution in [0.2, 0.25) is 0 Å². The summed E-state index contributed by atoms with van der Waals surface area (Å²) in [6, 6.07) is 12.1. The van der Waals surface area contributed by atoms with Crippen LogP contribution < -0.4 is 9.64 Å². The lowest BCUT2D eigenvalue weighted by Gasteiger charge is -2.22. The van der Waals surface area contributed by atoms with Crippen molar-refractivity contribution in [2.24, 2.45) is 0 Å². The molecule has 10 heteroatoms. The SMILES string of the molecule is COc1cccc(C(O)=C2C(=O)C(=O)N(c3cc(C)on3)[C@@H]2c2cccc([N+](=O)[O-])c2)c1. The molecular formula is C22H17N3O7. The number of anilines is 1. The number of hydrogen-bond acceptors (Lipinski definition) is 8. The van der Waals surface area contributed by atoms with Gasteiger partial charge in [0.25, 0.3) is 11.5 Å². The van der Waals surface area contributed by atoms with E-state index >= 15 is 0 Å². The highest BCUT2D eigenvalue weighted by molar-refractivity contribution is 6.51. The van der Waals surface area contributed by atoms with Gasteiger partial charge in [-0.1, -0.05) is 29.4 Å². The zero-order chi connectivity index (χ0) is 23.0. The number of amides is 1. The normalized spacial score (nSPS) is 17.6. The van der Waals surface area contributed by atoms with Gasteiger partial charge in [-0.25, -0.2) is 0 Å². The number of methoxy groups -OCH3 is 1. The summed E-state index contributed by atoms with van der Waals surface area (Å²) in [6.45, 7) is 1.62. The third-order valence-corrected chi connectivity index (χ3v) is 5.05. The Morgan fingerprint density at radius 1 is 1.19 bits per heavy atom. The summed E-state index contributed by atoms with van der Waals surface area (Å²) in [5.41, 5.74) is 0.0350. The lowest BCUT2D eigenvalue weighted by molar-refractivity contribution is -0.384. The summed E-state index contributed by atoms with van der Waals surface area (Å²) in [5.74, 6) is -1.47. The Morgan fingerprint density at radius 2 is 1.94 bits per heavy atom. The van der Waals surface area contributed by atoms with Crippen molar-refractivity contribution >= 4 is 29.0 Å². The summed E-state index contributed by atoms with van der Waals surface area (Å²) < 4.78 is 10.2. The molecule has 1 amide bonds. The van der Waals surface area contributed by atoms with Gasteiger partial charge in [-0.3, -0.25) is 24.6 Å². The van der Waals surface area contributed by atoms with Crippen molar-refractivity contribution in [1.29, 1.82) is 0 Å². The van der Waals surface area contributed by atoms with E-state index < -0.39 is 28.4 Å². The molecule has 162 valence electrons. The molecule has 1 atom stereocenters. The Morgan fingerprint density at radius 3 is 2.59 bits per heavy atom. The van der Waals surface area contributed by atoms with Crippen LogP contribution in [0.25, 0.3) is 5.76 Å². The van der Waals surface area contributed by atoms with Crippen LogP contribution in [-0.2, 0) is 9.59 Å². The highest BCUT2D eigenvalue weighted by Crippen LogP contribution is 2.42. The fraction of sp³-hybridized carbons (Fsp3) is 0.136. The lowest BCUT2D eigenvalue weighted by Crippen LogP contribution is -2.29. The molecule has 1 aliphatic rings. The Balaban J connectivity index is 1.96. The Labute approximate surface area is 181 Å². The Hall–Kier alpha value is -4.47. The molecule has 3 aromatic rings. The minimum Gasteiger partial charge on any atom is -0.507 e. The number of nitrogens with zero attached hydrogens (tertiary/aromatic N) is 3. The van der Waals surface area contributed by atoms with E-state index in [1.165, 1.54) is 43.5 Å². The average molecular weight is 435 g/mol. The van der Waals surface area contributed by atoms with Crippen LogP contribution in [0.5, 0.6) is 5.75 Å². The molecule has 0 saturated carbocycles. The van der Waals surface area contributed by atoms with Crippen molar-refractivity contribution in [1.82, 2.24) is 5.16 Å². The molecule has 0 bridgehead atoms. The predicted octanol–water partition coefficient (Wildman–Crippen LogP) is 3.53. The maximum Gasteiger partial charge on any atom is 0.301 e. The molecule has 1 aliphatic heterocycles. The molecule has 4 rings (SSSR count). The van der Waals surface area contributed by atoms with Crippen LogP contribution in [-0.4, -0.2) is 34.0 Å². The molecule has 0 aliphatic carbocycles. The first-order valence-electron chi connectivity index (χ1n) is 9.45. The monoisotopic (exact) mass is 435 g/mol. The molecule has 1 N–H and O–H groups in total. The average Bonchev–Trinajstić information content (AvgIpc) is 3.34. The summed E-state index contributed by atoms with van der Waals surface area (Å²) in [7, 11) is 1.45.